The molecule has 2 rings (SSSR count). The first kappa shape index (κ1) is 17.4. The Hall–Kier alpha value is -1.91. The number of hydrogen-bond acceptors (Lipinski definition) is 5. The average Bonchev–Trinajstić information content (AvgIpc) is 2.88. The SMILES string of the molecule is CCN(C)/C=N\c1cc(C)c(Oc2snc(Br)c2C#N)cc1C. The zero-order valence-corrected chi connectivity index (χ0v) is 15.8. The lowest BCUT2D eigenvalue weighted by atomic mass is 10.1. The molecule has 120 valence electrons. The summed E-state index contributed by atoms with van der Waals surface area (Å²) in [5.74, 6) is 0.706. The van der Waals surface area contributed by atoms with Crippen LogP contribution in [-0.2, 0) is 0 Å². The van der Waals surface area contributed by atoms with E-state index in [0.29, 0.717) is 21.0 Å². The van der Waals surface area contributed by atoms with Crippen LogP contribution < -0.4 is 4.74 Å². The van der Waals surface area contributed by atoms with Gasteiger partial charge < -0.3 is 9.64 Å². The second kappa shape index (κ2) is 7.57. The van der Waals surface area contributed by atoms with E-state index in [0.717, 1.165) is 34.9 Å². The molecule has 0 aliphatic heterocycles. The van der Waals surface area contributed by atoms with E-state index in [2.05, 4.69) is 38.3 Å². The lowest BCUT2D eigenvalue weighted by molar-refractivity contribution is 0.490. The van der Waals surface area contributed by atoms with Crippen LogP contribution in [0.5, 0.6) is 10.8 Å². The number of nitriles is 1. The largest absolute Gasteiger partial charge is 0.443 e. The Morgan fingerprint density at radius 3 is 2.83 bits per heavy atom. The predicted octanol–water partition coefficient (Wildman–Crippen LogP) is 4.80. The van der Waals surface area contributed by atoms with Crippen LogP contribution >= 0.6 is 27.5 Å². The van der Waals surface area contributed by atoms with Gasteiger partial charge in [0, 0.05) is 25.1 Å². The van der Waals surface area contributed by atoms with Crippen molar-refractivity contribution in [2.45, 2.75) is 20.8 Å². The second-order valence-corrected chi connectivity index (χ2v) is 6.56. The fraction of sp³-hybridized carbons (Fsp3) is 0.312. The molecular weight excluding hydrogens is 376 g/mol. The Bertz CT molecular complexity index is 779. The summed E-state index contributed by atoms with van der Waals surface area (Å²) in [5.41, 5.74) is 3.28. The summed E-state index contributed by atoms with van der Waals surface area (Å²) in [6.45, 7) is 6.92. The third kappa shape index (κ3) is 4.09. The first-order valence-corrected chi connectivity index (χ1v) is 8.61. The van der Waals surface area contributed by atoms with Crippen LogP contribution in [0.25, 0.3) is 0 Å². The molecule has 2 aromatic rings. The highest BCUT2D eigenvalue weighted by Crippen LogP contribution is 2.37. The van der Waals surface area contributed by atoms with Crippen molar-refractivity contribution in [2.24, 2.45) is 4.99 Å². The first-order valence-electron chi connectivity index (χ1n) is 7.05. The topological polar surface area (TPSA) is 61.5 Å². The zero-order valence-electron chi connectivity index (χ0n) is 13.4. The summed E-state index contributed by atoms with van der Waals surface area (Å²) in [6.07, 6.45) is 1.82. The van der Waals surface area contributed by atoms with Crippen LogP contribution in [0, 0.1) is 25.2 Å². The maximum atomic E-state index is 9.16. The number of aromatic nitrogens is 1. The van der Waals surface area contributed by atoms with Gasteiger partial charge in [-0.2, -0.15) is 9.64 Å². The van der Waals surface area contributed by atoms with Gasteiger partial charge in [0.2, 0.25) is 5.06 Å². The van der Waals surface area contributed by atoms with E-state index in [1.54, 1.807) is 0 Å². The summed E-state index contributed by atoms with van der Waals surface area (Å²) < 4.78 is 10.5. The normalized spacial score (nSPS) is 10.8. The van der Waals surface area contributed by atoms with Crippen molar-refractivity contribution in [1.82, 2.24) is 9.27 Å². The molecule has 0 N–H and O–H groups in total. The number of aliphatic imine (C=N–C) groups is 1. The minimum atomic E-state index is 0.415. The fourth-order valence-electron chi connectivity index (χ4n) is 1.78. The molecule has 1 heterocycles. The van der Waals surface area contributed by atoms with E-state index >= 15 is 0 Å². The number of ether oxygens (including phenoxy) is 1. The molecule has 7 heteroatoms. The summed E-state index contributed by atoms with van der Waals surface area (Å²) in [7, 11) is 1.98. The van der Waals surface area contributed by atoms with E-state index in [1.165, 1.54) is 0 Å². The van der Waals surface area contributed by atoms with Gasteiger partial charge in [-0.25, -0.2) is 4.99 Å². The molecule has 0 unspecified atom stereocenters. The number of benzene rings is 1. The predicted molar refractivity (Wildman–Crippen MR) is 97.0 cm³/mol. The maximum absolute atomic E-state index is 9.16. The molecule has 1 aromatic heterocycles. The van der Waals surface area contributed by atoms with E-state index in [1.807, 2.05) is 44.3 Å². The van der Waals surface area contributed by atoms with Crippen molar-refractivity contribution < 1.29 is 4.74 Å². The highest BCUT2D eigenvalue weighted by Gasteiger charge is 2.15. The van der Waals surface area contributed by atoms with Gasteiger partial charge in [-0.1, -0.05) is 0 Å². The molecule has 0 radical (unpaired) electrons. The third-order valence-corrected chi connectivity index (χ3v) is 4.86. The van der Waals surface area contributed by atoms with E-state index in [4.69, 9.17) is 10.00 Å². The van der Waals surface area contributed by atoms with Gasteiger partial charge in [-0.15, -0.1) is 0 Å². The Balaban J connectivity index is 2.30. The van der Waals surface area contributed by atoms with Gasteiger partial charge in [0.1, 0.15) is 22.0 Å². The smallest absolute Gasteiger partial charge is 0.219 e. The Morgan fingerprint density at radius 1 is 1.43 bits per heavy atom. The summed E-state index contributed by atoms with van der Waals surface area (Å²) >= 11 is 4.40. The van der Waals surface area contributed by atoms with Gasteiger partial charge in [0.25, 0.3) is 0 Å². The molecule has 0 atom stereocenters. The monoisotopic (exact) mass is 392 g/mol. The van der Waals surface area contributed by atoms with Crippen molar-refractivity contribution in [3.63, 3.8) is 0 Å². The first-order chi connectivity index (χ1) is 11.0. The number of hydrogen-bond donors (Lipinski definition) is 0. The van der Waals surface area contributed by atoms with Crippen molar-refractivity contribution >= 4 is 39.5 Å². The lowest BCUT2D eigenvalue weighted by Crippen LogP contribution is -2.14. The van der Waals surface area contributed by atoms with Crippen molar-refractivity contribution in [2.75, 3.05) is 13.6 Å². The second-order valence-electron chi connectivity index (χ2n) is 5.07. The molecule has 0 saturated heterocycles. The average molecular weight is 393 g/mol. The lowest BCUT2D eigenvalue weighted by Gasteiger charge is -2.12. The van der Waals surface area contributed by atoms with Gasteiger partial charge in [-0.05, 0) is 60.0 Å². The van der Waals surface area contributed by atoms with Crippen molar-refractivity contribution in [3.8, 4) is 16.9 Å². The van der Waals surface area contributed by atoms with Crippen molar-refractivity contribution in [1.29, 1.82) is 5.26 Å². The molecule has 5 nitrogen and oxygen atoms in total. The van der Waals surface area contributed by atoms with Crippen LogP contribution in [0.3, 0.4) is 0 Å². The van der Waals surface area contributed by atoms with Crippen LogP contribution in [0.4, 0.5) is 5.69 Å². The number of nitrogens with zero attached hydrogens (tertiary/aromatic N) is 4. The van der Waals surface area contributed by atoms with Crippen molar-refractivity contribution in [3.05, 3.63) is 33.4 Å². The molecule has 0 spiro atoms. The fourth-order valence-corrected chi connectivity index (χ4v) is 3.02. The van der Waals surface area contributed by atoms with Crippen LogP contribution in [-0.4, -0.2) is 29.2 Å². The molecule has 1 aromatic carbocycles. The quantitative estimate of drug-likeness (QED) is 0.541. The Kier molecular flexibility index (Phi) is 5.74. The van der Waals surface area contributed by atoms with Gasteiger partial charge in [0.15, 0.2) is 0 Å². The van der Waals surface area contributed by atoms with Crippen LogP contribution in [0.15, 0.2) is 21.7 Å². The molecule has 0 aliphatic rings. The molecule has 0 bridgehead atoms. The van der Waals surface area contributed by atoms with E-state index in [9.17, 15) is 0 Å². The molecule has 0 amide bonds. The van der Waals surface area contributed by atoms with Crippen LogP contribution in [0.2, 0.25) is 0 Å². The van der Waals surface area contributed by atoms with Gasteiger partial charge >= 0.3 is 0 Å². The zero-order chi connectivity index (χ0) is 17.0. The number of halogens is 1. The molecule has 0 saturated carbocycles. The van der Waals surface area contributed by atoms with E-state index < -0.39 is 0 Å². The minimum Gasteiger partial charge on any atom is -0.443 e. The third-order valence-electron chi connectivity index (χ3n) is 3.32. The molecular formula is C16H17BrN4OS. The van der Waals surface area contributed by atoms with E-state index in [-0.39, 0.29) is 0 Å². The molecule has 0 fully saturated rings. The van der Waals surface area contributed by atoms with Gasteiger partial charge in [-0.3, -0.25) is 0 Å². The highest BCUT2D eigenvalue weighted by atomic mass is 79.9. The molecule has 0 aliphatic carbocycles. The summed E-state index contributed by atoms with van der Waals surface area (Å²) in [5, 5.41) is 9.65. The Morgan fingerprint density at radius 2 is 2.17 bits per heavy atom. The maximum Gasteiger partial charge on any atom is 0.219 e. The number of aryl methyl sites for hydroxylation is 2. The standard InChI is InChI=1S/C16H17BrN4OS/c1-5-21(4)9-19-13-6-11(3)14(7-10(13)2)22-16-12(8-18)15(17)20-23-16/h6-7,9H,5H2,1-4H3/b19-9-. The van der Waals surface area contributed by atoms with Gasteiger partial charge in [0.05, 0.1) is 12.0 Å². The summed E-state index contributed by atoms with van der Waals surface area (Å²) in [4.78, 5) is 6.51. The highest BCUT2D eigenvalue weighted by molar-refractivity contribution is 9.10. The molecule has 23 heavy (non-hydrogen) atoms. The Labute approximate surface area is 148 Å². The van der Waals surface area contributed by atoms with Crippen LogP contribution in [0.1, 0.15) is 23.6 Å². The minimum absolute atomic E-state index is 0.415. The summed E-state index contributed by atoms with van der Waals surface area (Å²) in [6, 6.07) is 6.01. The number of rotatable bonds is 5.